The molecule has 6 rings (SSSR count). The monoisotopic (exact) mass is 608 g/mol. The molecule has 1 aliphatic heterocycles. The molecule has 1 saturated carbocycles. The third kappa shape index (κ3) is 5.58. The number of fused-ring (bicyclic) bond motifs is 1. The fraction of sp³-hybridized carbons (Fsp3) is 0.281. The topological polar surface area (TPSA) is 120 Å². The minimum Gasteiger partial charge on any atom is -0.490 e. The van der Waals surface area contributed by atoms with E-state index in [-0.39, 0.29) is 34.4 Å². The van der Waals surface area contributed by atoms with E-state index in [0.29, 0.717) is 11.3 Å². The largest absolute Gasteiger partial charge is 0.490 e. The Kier molecular flexibility index (Phi) is 7.29. The predicted molar refractivity (Wildman–Crippen MR) is 152 cm³/mol. The van der Waals surface area contributed by atoms with E-state index in [9.17, 15) is 27.5 Å². The van der Waals surface area contributed by atoms with Crippen molar-refractivity contribution in [3.63, 3.8) is 0 Å². The molecule has 2 aliphatic rings. The lowest BCUT2D eigenvalue weighted by Crippen LogP contribution is -2.52. The van der Waals surface area contributed by atoms with E-state index in [1.807, 2.05) is 6.07 Å². The number of nitrogens with one attached hydrogen (secondary N) is 1. The minimum absolute atomic E-state index is 0.0481. The summed E-state index contributed by atoms with van der Waals surface area (Å²) in [6, 6.07) is 14.5. The van der Waals surface area contributed by atoms with Crippen molar-refractivity contribution in [1.82, 2.24) is 15.3 Å². The number of nitrogens with zero attached hydrogens (tertiary/aromatic N) is 2. The Morgan fingerprint density at radius 2 is 1.89 bits per heavy atom. The third-order valence-corrected chi connectivity index (χ3v) is 7.70. The first-order chi connectivity index (χ1) is 20.9. The molecule has 8 nitrogen and oxygen atoms in total. The molecule has 0 radical (unpaired) electrons. The second-order valence-corrected chi connectivity index (χ2v) is 11.2. The van der Waals surface area contributed by atoms with Crippen LogP contribution in [0.25, 0.3) is 22.4 Å². The highest BCUT2D eigenvalue weighted by atomic mass is 19.4. The van der Waals surface area contributed by atoms with Gasteiger partial charge >= 0.3 is 6.18 Å². The zero-order valence-electron chi connectivity index (χ0n) is 23.5. The van der Waals surface area contributed by atoms with Gasteiger partial charge in [-0.25, -0.2) is 9.37 Å². The van der Waals surface area contributed by atoms with E-state index < -0.39 is 47.8 Å². The van der Waals surface area contributed by atoms with Gasteiger partial charge < -0.3 is 25.6 Å². The molecular formula is C32H28F4N4O4. The average Bonchev–Trinajstić information content (AvgIpc) is 3.75. The summed E-state index contributed by atoms with van der Waals surface area (Å²) in [7, 11) is 0. The van der Waals surface area contributed by atoms with Gasteiger partial charge in [0.2, 0.25) is 0 Å². The number of alkyl halides is 3. The molecule has 3 heterocycles. The quantitative estimate of drug-likeness (QED) is 0.234. The number of carbonyl (C=O) groups is 1. The normalized spacial score (nSPS) is 19.1. The van der Waals surface area contributed by atoms with Gasteiger partial charge in [-0.1, -0.05) is 6.07 Å². The molecule has 1 aliphatic carbocycles. The summed E-state index contributed by atoms with van der Waals surface area (Å²) in [6.07, 6.45) is 0.413. The maximum Gasteiger partial charge on any atom is 0.414 e. The van der Waals surface area contributed by atoms with Crippen molar-refractivity contribution in [3.05, 3.63) is 95.7 Å². The number of benzene rings is 2. The summed E-state index contributed by atoms with van der Waals surface area (Å²) in [5.41, 5.74) is 2.29. The fourth-order valence-electron chi connectivity index (χ4n) is 4.92. The maximum atomic E-state index is 14.1. The van der Waals surface area contributed by atoms with Crippen LogP contribution in [-0.2, 0) is 11.1 Å². The molecule has 2 aromatic carbocycles. The Morgan fingerprint density at radius 1 is 1.14 bits per heavy atom. The Morgan fingerprint density at radius 3 is 2.55 bits per heavy atom. The van der Waals surface area contributed by atoms with Gasteiger partial charge in [0.05, 0.1) is 18.3 Å². The van der Waals surface area contributed by atoms with Gasteiger partial charge in [-0.05, 0) is 74.4 Å². The SMILES string of the molecule is CC(O)(CNC(=O)c1ccc(OC2CC2)c(-c2cccnc2)c1)c1cc2c(c(-c3ccc(F)cc3)n1)OCC2(N)C(F)(F)F. The smallest absolute Gasteiger partial charge is 0.414 e. The van der Waals surface area contributed by atoms with Crippen LogP contribution in [0.2, 0.25) is 0 Å². The van der Waals surface area contributed by atoms with Crippen molar-refractivity contribution in [3.8, 4) is 33.9 Å². The molecule has 1 amide bonds. The molecule has 228 valence electrons. The first-order valence-corrected chi connectivity index (χ1v) is 13.9. The number of carbonyl (C=O) groups excluding carboxylic acids is 1. The Labute approximate surface area is 249 Å². The van der Waals surface area contributed by atoms with Gasteiger partial charge in [0, 0.05) is 40.2 Å². The lowest BCUT2D eigenvalue weighted by molar-refractivity contribution is -0.191. The molecule has 0 bridgehead atoms. The molecule has 1 fully saturated rings. The van der Waals surface area contributed by atoms with E-state index in [4.69, 9.17) is 15.2 Å². The van der Waals surface area contributed by atoms with Crippen molar-refractivity contribution in [2.75, 3.05) is 13.2 Å². The standard InChI is InChI=1S/C32H28F4N4O4/c1-30(42,16-39-29(41)19-6-11-25(44-22-9-10-22)23(13-19)20-3-2-12-38-15-20)26-14-24-28(43-17-31(24,37)32(34,35)36)27(40-26)18-4-7-21(33)8-5-18/h2-8,11-15,22,42H,9-10,16-17,37H2,1H3,(H,39,41). The minimum atomic E-state index is -4.89. The number of rotatable bonds is 8. The van der Waals surface area contributed by atoms with E-state index in [1.54, 1.807) is 36.7 Å². The van der Waals surface area contributed by atoms with Crippen LogP contribution in [0, 0.1) is 5.82 Å². The summed E-state index contributed by atoms with van der Waals surface area (Å²) < 4.78 is 67.4. The average molecular weight is 609 g/mol. The van der Waals surface area contributed by atoms with Crippen molar-refractivity contribution in [2.24, 2.45) is 5.73 Å². The van der Waals surface area contributed by atoms with Crippen LogP contribution < -0.4 is 20.5 Å². The van der Waals surface area contributed by atoms with E-state index in [1.165, 1.54) is 19.1 Å². The van der Waals surface area contributed by atoms with E-state index >= 15 is 0 Å². The highest BCUT2D eigenvalue weighted by Gasteiger charge is 2.59. The molecular weight excluding hydrogens is 580 g/mol. The zero-order chi connectivity index (χ0) is 31.3. The molecule has 0 spiro atoms. The number of aliphatic hydroxyl groups is 1. The van der Waals surface area contributed by atoms with Crippen molar-refractivity contribution >= 4 is 5.91 Å². The molecule has 2 unspecified atom stereocenters. The number of halogens is 4. The Bertz CT molecular complexity index is 1710. The first-order valence-electron chi connectivity index (χ1n) is 13.9. The fourth-order valence-corrected chi connectivity index (χ4v) is 4.92. The van der Waals surface area contributed by atoms with Gasteiger partial charge in [-0.3, -0.25) is 9.78 Å². The summed E-state index contributed by atoms with van der Waals surface area (Å²) in [5.74, 6) is -0.701. The summed E-state index contributed by atoms with van der Waals surface area (Å²) >= 11 is 0. The van der Waals surface area contributed by atoms with Crippen molar-refractivity contribution in [1.29, 1.82) is 0 Å². The molecule has 2 aromatic heterocycles. The lowest BCUT2D eigenvalue weighted by Gasteiger charge is -2.28. The first kappa shape index (κ1) is 29.5. The number of nitrogens with two attached hydrogens (primary N) is 1. The lowest BCUT2D eigenvalue weighted by atomic mass is 9.88. The van der Waals surface area contributed by atoms with Crippen LogP contribution in [0.3, 0.4) is 0 Å². The van der Waals surface area contributed by atoms with Crippen LogP contribution in [0.4, 0.5) is 17.6 Å². The van der Waals surface area contributed by atoms with Crippen LogP contribution in [-0.4, -0.2) is 46.4 Å². The Hall–Kier alpha value is -4.55. The molecule has 2 atom stereocenters. The number of pyridine rings is 2. The molecule has 0 saturated heterocycles. The highest BCUT2D eigenvalue weighted by molar-refractivity contribution is 5.96. The van der Waals surface area contributed by atoms with Crippen LogP contribution in [0.1, 0.15) is 41.4 Å². The van der Waals surface area contributed by atoms with Crippen LogP contribution >= 0.6 is 0 Å². The number of ether oxygens (including phenoxy) is 2. The summed E-state index contributed by atoms with van der Waals surface area (Å²) in [4.78, 5) is 21.8. The van der Waals surface area contributed by atoms with Gasteiger partial charge in [0.1, 0.15) is 29.5 Å². The number of aromatic nitrogens is 2. The van der Waals surface area contributed by atoms with E-state index in [0.717, 1.165) is 36.6 Å². The van der Waals surface area contributed by atoms with Gasteiger partial charge in [0.25, 0.3) is 5.91 Å². The highest BCUT2D eigenvalue weighted by Crippen LogP contribution is 2.49. The zero-order valence-corrected chi connectivity index (χ0v) is 23.5. The molecule has 4 N–H and O–H groups in total. The van der Waals surface area contributed by atoms with Gasteiger partial charge in [-0.15, -0.1) is 0 Å². The number of hydrogen-bond donors (Lipinski definition) is 3. The molecule has 44 heavy (non-hydrogen) atoms. The second-order valence-electron chi connectivity index (χ2n) is 11.2. The Balaban J connectivity index is 1.31. The van der Waals surface area contributed by atoms with Crippen molar-refractivity contribution in [2.45, 2.75) is 43.2 Å². The predicted octanol–water partition coefficient (Wildman–Crippen LogP) is 5.24. The van der Waals surface area contributed by atoms with Crippen LogP contribution in [0.15, 0.2) is 73.1 Å². The van der Waals surface area contributed by atoms with Gasteiger partial charge in [0.15, 0.2) is 11.3 Å². The number of amides is 1. The number of hydrogen-bond acceptors (Lipinski definition) is 7. The van der Waals surface area contributed by atoms with Crippen molar-refractivity contribution < 1.29 is 36.9 Å². The maximum absolute atomic E-state index is 14.1. The second kappa shape index (κ2) is 10.9. The van der Waals surface area contributed by atoms with E-state index in [2.05, 4.69) is 15.3 Å². The third-order valence-electron chi connectivity index (χ3n) is 7.70. The molecule has 4 aromatic rings. The van der Waals surface area contributed by atoms with Crippen LogP contribution in [0.5, 0.6) is 11.5 Å². The summed E-state index contributed by atoms with van der Waals surface area (Å²) in [6.45, 7) is 0.00290. The van der Waals surface area contributed by atoms with Gasteiger partial charge in [-0.2, -0.15) is 13.2 Å². The summed E-state index contributed by atoms with van der Waals surface area (Å²) in [5, 5.41) is 14.1. The molecule has 12 heteroatoms.